The van der Waals surface area contributed by atoms with Gasteiger partial charge in [-0.25, -0.2) is 0 Å². The molecule has 4 rings (SSSR count). The number of aromatic nitrogens is 1. The SMILES string of the molecule is Cc1ncccc1C(=O)N1CCC([C@H]2[C@@H](Oc3ccccc3)CN2C(C)C)CC1. The van der Waals surface area contributed by atoms with Gasteiger partial charge in [0.15, 0.2) is 0 Å². The van der Waals surface area contributed by atoms with Crippen molar-refractivity contribution in [1.82, 2.24) is 14.8 Å². The van der Waals surface area contributed by atoms with Crippen molar-refractivity contribution in [3.05, 3.63) is 59.9 Å². The lowest BCUT2D eigenvalue weighted by Crippen LogP contribution is -2.68. The zero-order valence-electron chi connectivity index (χ0n) is 17.6. The monoisotopic (exact) mass is 393 g/mol. The first-order chi connectivity index (χ1) is 14.0. The summed E-state index contributed by atoms with van der Waals surface area (Å²) >= 11 is 0. The Balaban J connectivity index is 1.40. The molecule has 2 aliphatic heterocycles. The molecule has 154 valence electrons. The van der Waals surface area contributed by atoms with Crippen LogP contribution < -0.4 is 4.74 Å². The molecule has 0 N–H and O–H groups in total. The van der Waals surface area contributed by atoms with Gasteiger partial charge in [-0.3, -0.25) is 14.7 Å². The van der Waals surface area contributed by atoms with E-state index in [0.717, 1.165) is 49.5 Å². The predicted octanol–water partition coefficient (Wildman–Crippen LogP) is 3.78. The molecule has 0 unspecified atom stereocenters. The Labute approximate surface area is 173 Å². The quantitative estimate of drug-likeness (QED) is 0.776. The molecule has 29 heavy (non-hydrogen) atoms. The lowest BCUT2D eigenvalue weighted by Gasteiger charge is -2.54. The molecule has 0 radical (unpaired) electrons. The van der Waals surface area contributed by atoms with Crippen LogP contribution in [0, 0.1) is 12.8 Å². The lowest BCUT2D eigenvalue weighted by atomic mass is 9.79. The number of carbonyl (C=O) groups excluding carboxylic acids is 1. The number of pyridine rings is 1. The van der Waals surface area contributed by atoms with E-state index in [0.29, 0.717) is 18.0 Å². The second-order valence-electron chi connectivity index (χ2n) is 8.52. The van der Waals surface area contributed by atoms with E-state index >= 15 is 0 Å². The highest BCUT2D eigenvalue weighted by atomic mass is 16.5. The van der Waals surface area contributed by atoms with Gasteiger partial charge in [0.2, 0.25) is 0 Å². The summed E-state index contributed by atoms with van der Waals surface area (Å²) in [5.74, 6) is 1.62. The summed E-state index contributed by atoms with van der Waals surface area (Å²) < 4.78 is 6.33. The van der Waals surface area contributed by atoms with Crippen LogP contribution in [0.3, 0.4) is 0 Å². The minimum absolute atomic E-state index is 0.112. The number of para-hydroxylation sites is 1. The summed E-state index contributed by atoms with van der Waals surface area (Å²) in [6.45, 7) is 9.01. The molecule has 5 heteroatoms. The Hall–Kier alpha value is -2.40. The molecule has 2 saturated heterocycles. The molecule has 2 fully saturated rings. The summed E-state index contributed by atoms with van der Waals surface area (Å²) in [6.07, 6.45) is 4.01. The van der Waals surface area contributed by atoms with E-state index in [4.69, 9.17) is 4.74 Å². The second-order valence-corrected chi connectivity index (χ2v) is 8.52. The number of ether oxygens (including phenoxy) is 1. The highest BCUT2D eigenvalue weighted by Gasteiger charge is 2.47. The molecule has 2 aromatic rings. The summed E-state index contributed by atoms with van der Waals surface area (Å²) in [6, 6.07) is 14.8. The number of hydrogen-bond acceptors (Lipinski definition) is 4. The number of piperidine rings is 1. The van der Waals surface area contributed by atoms with Crippen LogP contribution in [0.25, 0.3) is 0 Å². The Morgan fingerprint density at radius 1 is 1.10 bits per heavy atom. The number of likely N-dealkylation sites (tertiary alicyclic amines) is 2. The maximum atomic E-state index is 12.9. The number of amides is 1. The molecule has 1 amide bonds. The van der Waals surface area contributed by atoms with E-state index in [-0.39, 0.29) is 12.0 Å². The number of benzene rings is 1. The van der Waals surface area contributed by atoms with Gasteiger partial charge >= 0.3 is 0 Å². The third-order valence-corrected chi connectivity index (χ3v) is 6.40. The number of hydrogen-bond donors (Lipinski definition) is 0. The minimum Gasteiger partial charge on any atom is -0.487 e. The molecule has 1 aromatic heterocycles. The molecule has 2 aliphatic rings. The first kappa shape index (κ1) is 19.9. The van der Waals surface area contributed by atoms with Crippen molar-refractivity contribution in [2.45, 2.75) is 51.8 Å². The molecular formula is C24H31N3O2. The largest absolute Gasteiger partial charge is 0.487 e. The third-order valence-electron chi connectivity index (χ3n) is 6.40. The van der Waals surface area contributed by atoms with Crippen molar-refractivity contribution in [3.8, 4) is 5.75 Å². The van der Waals surface area contributed by atoms with Crippen LogP contribution in [0.2, 0.25) is 0 Å². The van der Waals surface area contributed by atoms with Gasteiger partial charge in [0.05, 0.1) is 11.6 Å². The normalized spacial score (nSPS) is 23.1. The highest BCUT2D eigenvalue weighted by Crippen LogP contribution is 2.36. The Kier molecular flexibility index (Phi) is 5.86. The molecule has 0 aliphatic carbocycles. The maximum absolute atomic E-state index is 12.9. The van der Waals surface area contributed by atoms with Gasteiger partial charge in [-0.2, -0.15) is 0 Å². The standard InChI is InChI=1S/C24H31N3O2/c1-17(2)27-16-22(29-20-8-5-4-6-9-20)23(27)19-11-14-26(15-12-19)24(28)21-10-7-13-25-18(21)3/h4-10,13,17,19,22-23H,11-12,14-16H2,1-3H3/t22-,23-/m0/s1. The van der Waals surface area contributed by atoms with Gasteiger partial charge in [0.1, 0.15) is 11.9 Å². The highest BCUT2D eigenvalue weighted by molar-refractivity contribution is 5.95. The Morgan fingerprint density at radius 2 is 1.83 bits per heavy atom. The zero-order chi connectivity index (χ0) is 20.4. The van der Waals surface area contributed by atoms with Crippen LogP contribution in [0.5, 0.6) is 5.75 Å². The molecule has 0 bridgehead atoms. The van der Waals surface area contributed by atoms with Crippen LogP contribution >= 0.6 is 0 Å². The first-order valence-electron chi connectivity index (χ1n) is 10.7. The van der Waals surface area contributed by atoms with Gasteiger partial charge in [-0.1, -0.05) is 18.2 Å². The predicted molar refractivity (Wildman–Crippen MR) is 114 cm³/mol. The molecule has 0 spiro atoms. The van der Waals surface area contributed by atoms with Crippen molar-refractivity contribution in [2.75, 3.05) is 19.6 Å². The molecule has 5 nitrogen and oxygen atoms in total. The summed E-state index contributed by atoms with van der Waals surface area (Å²) in [7, 11) is 0. The maximum Gasteiger partial charge on any atom is 0.255 e. The van der Waals surface area contributed by atoms with Crippen molar-refractivity contribution < 1.29 is 9.53 Å². The summed E-state index contributed by atoms with van der Waals surface area (Å²) in [5.41, 5.74) is 1.53. The summed E-state index contributed by atoms with van der Waals surface area (Å²) in [4.78, 5) is 21.7. The van der Waals surface area contributed by atoms with E-state index in [2.05, 4.69) is 23.7 Å². The van der Waals surface area contributed by atoms with Crippen molar-refractivity contribution in [2.24, 2.45) is 5.92 Å². The van der Waals surface area contributed by atoms with Gasteiger partial charge in [-0.05, 0) is 63.8 Å². The van der Waals surface area contributed by atoms with E-state index in [1.54, 1.807) is 6.20 Å². The Morgan fingerprint density at radius 3 is 2.48 bits per heavy atom. The fraction of sp³-hybridized carbons (Fsp3) is 0.500. The lowest BCUT2D eigenvalue weighted by molar-refractivity contribution is -0.0983. The zero-order valence-corrected chi connectivity index (χ0v) is 17.6. The Bertz CT molecular complexity index is 831. The summed E-state index contributed by atoms with van der Waals surface area (Å²) in [5, 5.41) is 0. The second kappa shape index (κ2) is 8.54. The van der Waals surface area contributed by atoms with Crippen LogP contribution in [-0.2, 0) is 0 Å². The van der Waals surface area contributed by atoms with E-state index in [1.807, 2.05) is 54.3 Å². The van der Waals surface area contributed by atoms with Gasteiger partial charge in [0, 0.05) is 37.6 Å². The molecule has 1 aromatic carbocycles. The van der Waals surface area contributed by atoms with Gasteiger partial charge < -0.3 is 9.64 Å². The molecule has 2 atom stereocenters. The van der Waals surface area contributed by atoms with Crippen LogP contribution in [-0.4, -0.2) is 58.5 Å². The van der Waals surface area contributed by atoms with Crippen LogP contribution in [0.15, 0.2) is 48.7 Å². The van der Waals surface area contributed by atoms with Gasteiger partial charge in [-0.15, -0.1) is 0 Å². The van der Waals surface area contributed by atoms with Gasteiger partial charge in [0.25, 0.3) is 5.91 Å². The fourth-order valence-electron chi connectivity index (χ4n) is 4.75. The number of nitrogens with zero attached hydrogens (tertiary/aromatic N) is 3. The molecule has 3 heterocycles. The van der Waals surface area contributed by atoms with E-state index in [1.165, 1.54) is 0 Å². The molecule has 0 saturated carbocycles. The van der Waals surface area contributed by atoms with Crippen molar-refractivity contribution >= 4 is 5.91 Å². The van der Waals surface area contributed by atoms with E-state index in [9.17, 15) is 4.79 Å². The third kappa shape index (κ3) is 4.15. The first-order valence-corrected chi connectivity index (χ1v) is 10.7. The van der Waals surface area contributed by atoms with Crippen molar-refractivity contribution in [1.29, 1.82) is 0 Å². The fourth-order valence-corrected chi connectivity index (χ4v) is 4.75. The average Bonchev–Trinajstić information content (AvgIpc) is 2.72. The van der Waals surface area contributed by atoms with Crippen LogP contribution in [0.1, 0.15) is 42.7 Å². The number of rotatable bonds is 5. The van der Waals surface area contributed by atoms with Crippen molar-refractivity contribution in [3.63, 3.8) is 0 Å². The van der Waals surface area contributed by atoms with Crippen LogP contribution in [0.4, 0.5) is 0 Å². The average molecular weight is 394 g/mol. The molecular weight excluding hydrogens is 362 g/mol. The number of aryl methyl sites for hydroxylation is 1. The topological polar surface area (TPSA) is 45.7 Å². The minimum atomic E-state index is 0.112. The number of carbonyl (C=O) groups is 1. The smallest absolute Gasteiger partial charge is 0.255 e. The van der Waals surface area contributed by atoms with E-state index < -0.39 is 0 Å².